The number of aromatic nitrogens is 1. The number of rotatable bonds is 6. The van der Waals surface area contributed by atoms with Gasteiger partial charge in [0.15, 0.2) is 0 Å². The van der Waals surface area contributed by atoms with Gasteiger partial charge in [0.2, 0.25) is 0 Å². The smallest absolute Gasteiger partial charge is 0.305 e. The molecular weight excluding hydrogens is 194 g/mol. The van der Waals surface area contributed by atoms with E-state index in [9.17, 15) is 4.79 Å². The summed E-state index contributed by atoms with van der Waals surface area (Å²) < 4.78 is 5.34. The third-order valence-electron chi connectivity index (χ3n) is 1.95. The highest BCUT2D eigenvalue weighted by molar-refractivity contribution is 5.67. The van der Waals surface area contributed by atoms with Crippen molar-refractivity contribution in [2.45, 2.75) is 25.9 Å². The predicted molar refractivity (Wildman–Crippen MR) is 55.6 cm³/mol. The Morgan fingerprint density at radius 1 is 1.60 bits per heavy atom. The number of pyridine rings is 1. The lowest BCUT2D eigenvalue weighted by Gasteiger charge is -2.09. The second-order valence-corrected chi connectivity index (χ2v) is 3.35. The van der Waals surface area contributed by atoms with Crippen LogP contribution >= 0.6 is 0 Å². The van der Waals surface area contributed by atoms with Crippen LogP contribution in [0.5, 0.6) is 0 Å². The SMILES string of the molecule is C[C@H](CC(=O)O)OCCc1ccccn1. The summed E-state index contributed by atoms with van der Waals surface area (Å²) in [5, 5.41) is 8.51. The molecule has 1 aromatic rings. The summed E-state index contributed by atoms with van der Waals surface area (Å²) in [4.78, 5) is 14.5. The van der Waals surface area contributed by atoms with Gasteiger partial charge in [-0.05, 0) is 19.1 Å². The van der Waals surface area contributed by atoms with Crippen LogP contribution < -0.4 is 0 Å². The van der Waals surface area contributed by atoms with Crippen molar-refractivity contribution in [2.75, 3.05) is 6.61 Å². The monoisotopic (exact) mass is 209 g/mol. The molecule has 0 saturated heterocycles. The Labute approximate surface area is 88.9 Å². The predicted octanol–water partition coefficient (Wildman–Crippen LogP) is 1.50. The fourth-order valence-corrected chi connectivity index (χ4v) is 1.22. The quantitative estimate of drug-likeness (QED) is 0.771. The van der Waals surface area contributed by atoms with E-state index >= 15 is 0 Å². The van der Waals surface area contributed by atoms with Crippen LogP contribution in [-0.2, 0) is 16.0 Å². The van der Waals surface area contributed by atoms with Crippen LogP contribution in [0.1, 0.15) is 19.0 Å². The van der Waals surface area contributed by atoms with Gasteiger partial charge in [-0.25, -0.2) is 0 Å². The zero-order valence-electron chi connectivity index (χ0n) is 8.72. The summed E-state index contributed by atoms with van der Waals surface area (Å²) in [5.41, 5.74) is 0.958. The van der Waals surface area contributed by atoms with Gasteiger partial charge in [-0.1, -0.05) is 6.07 Å². The molecule has 0 amide bonds. The van der Waals surface area contributed by atoms with Crippen LogP contribution in [0, 0.1) is 0 Å². The number of hydrogen-bond acceptors (Lipinski definition) is 3. The Bertz CT molecular complexity index is 300. The summed E-state index contributed by atoms with van der Waals surface area (Å²) in [7, 11) is 0. The first-order chi connectivity index (χ1) is 7.18. The zero-order valence-corrected chi connectivity index (χ0v) is 8.72. The van der Waals surface area contributed by atoms with Crippen molar-refractivity contribution in [3.05, 3.63) is 30.1 Å². The number of carbonyl (C=O) groups is 1. The number of aliphatic carboxylic acids is 1. The lowest BCUT2D eigenvalue weighted by atomic mass is 10.2. The molecule has 0 radical (unpaired) electrons. The maximum atomic E-state index is 10.4. The van der Waals surface area contributed by atoms with E-state index in [0.717, 1.165) is 5.69 Å². The van der Waals surface area contributed by atoms with Crippen molar-refractivity contribution in [2.24, 2.45) is 0 Å². The highest BCUT2D eigenvalue weighted by atomic mass is 16.5. The number of carboxylic acid groups (broad SMARTS) is 1. The second kappa shape index (κ2) is 6.14. The summed E-state index contributed by atoms with van der Waals surface area (Å²) >= 11 is 0. The van der Waals surface area contributed by atoms with Crippen molar-refractivity contribution in [3.8, 4) is 0 Å². The van der Waals surface area contributed by atoms with Crippen LogP contribution in [0.4, 0.5) is 0 Å². The molecule has 1 aromatic heterocycles. The van der Waals surface area contributed by atoms with Gasteiger partial charge in [0.1, 0.15) is 0 Å². The summed E-state index contributed by atoms with van der Waals surface area (Å²) in [6, 6.07) is 5.70. The Kier molecular flexibility index (Phi) is 4.77. The average molecular weight is 209 g/mol. The van der Waals surface area contributed by atoms with Gasteiger partial charge < -0.3 is 9.84 Å². The van der Waals surface area contributed by atoms with E-state index in [1.807, 2.05) is 18.2 Å². The number of ether oxygens (including phenoxy) is 1. The largest absolute Gasteiger partial charge is 0.481 e. The first-order valence-electron chi connectivity index (χ1n) is 4.92. The number of hydrogen-bond donors (Lipinski definition) is 1. The van der Waals surface area contributed by atoms with Crippen molar-refractivity contribution < 1.29 is 14.6 Å². The van der Waals surface area contributed by atoms with Crippen molar-refractivity contribution in [1.82, 2.24) is 4.98 Å². The Hall–Kier alpha value is -1.42. The van der Waals surface area contributed by atoms with Crippen LogP contribution in [0.3, 0.4) is 0 Å². The van der Waals surface area contributed by atoms with E-state index in [1.54, 1.807) is 13.1 Å². The molecule has 1 N–H and O–H groups in total. The lowest BCUT2D eigenvalue weighted by molar-refractivity contribution is -0.139. The highest BCUT2D eigenvalue weighted by Crippen LogP contribution is 2.00. The summed E-state index contributed by atoms with van der Waals surface area (Å²) in [5.74, 6) is -0.833. The van der Waals surface area contributed by atoms with Gasteiger partial charge in [-0.15, -0.1) is 0 Å². The van der Waals surface area contributed by atoms with Gasteiger partial charge >= 0.3 is 5.97 Å². The first-order valence-corrected chi connectivity index (χ1v) is 4.92. The molecule has 1 atom stereocenters. The molecule has 82 valence electrons. The molecule has 0 spiro atoms. The minimum absolute atomic E-state index is 0.0439. The van der Waals surface area contributed by atoms with Crippen molar-refractivity contribution in [3.63, 3.8) is 0 Å². The Morgan fingerprint density at radius 3 is 3.00 bits per heavy atom. The topological polar surface area (TPSA) is 59.4 Å². The van der Waals surface area contributed by atoms with E-state index in [1.165, 1.54) is 0 Å². The van der Waals surface area contributed by atoms with Crippen LogP contribution in [0.15, 0.2) is 24.4 Å². The summed E-state index contributed by atoms with van der Waals surface area (Å²) in [6.07, 6.45) is 2.24. The molecule has 0 aliphatic rings. The minimum atomic E-state index is -0.833. The maximum Gasteiger partial charge on any atom is 0.305 e. The zero-order chi connectivity index (χ0) is 11.1. The minimum Gasteiger partial charge on any atom is -0.481 e. The normalized spacial score (nSPS) is 12.3. The van der Waals surface area contributed by atoms with E-state index in [0.29, 0.717) is 13.0 Å². The average Bonchev–Trinajstić information content (AvgIpc) is 2.18. The molecule has 4 heteroatoms. The van der Waals surface area contributed by atoms with Gasteiger partial charge in [0.05, 0.1) is 19.1 Å². The standard InChI is InChI=1S/C11H15NO3/c1-9(8-11(13)14)15-7-5-10-4-2-3-6-12-10/h2-4,6,9H,5,7-8H2,1H3,(H,13,14)/t9-/m1/s1. The second-order valence-electron chi connectivity index (χ2n) is 3.35. The molecule has 15 heavy (non-hydrogen) atoms. The molecule has 0 bridgehead atoms. The molecule has 1 heterocycles. The fraction of sp³-hybridized carbons (Fsp3) is 0.455. The third kappa shape index (κ3) is 5.12. The molecule has 0 fully saturated rings. The Morgan fingerprint density at radius 2 is 2.40 bits per heavy atom. The molecule has 1 rings (SSSR count). The molecule has 0 unspecified atom stereocenters. The van der Waals surface area contributed by atoms with E-state index in [-0.39, 0.29) is 12.5 Å². The van der Waals surface area contributed by atoms with Crippen LogP contribution in [0.2, 0.25) is 0 Å². The molecule has 0 saturated carbocycles. The van der Waals surface area contributed by atoms with Crippen LogP contribution in [0.25, 0.3) is 0 Å². The van der Waals surface area contributed by atoms with Gasteiger partial charge in [0.25, 0.3) is 0 Å². The highest BCUT2D eigenvalue weighted by Gasteiger charge is 2.07. The van der Waals surface area contributed by atoms with Gasteiger partial charge in [-0.2, -0.15) is 0 Å². The molecular formula is C11H15NO3. The molecule has 0 aromatic carbocycles. The van der Waals surface area contributed by atoms with Crippen molar-refractivity contribution >= 4 is 5.97 Å². The Balaban J connectivity index is 2.19. The molecule has 4 nitrogen and oxygen atoms in total. The van der Waals surface area contributed by atoms with Gasteiger partial charge in [-0.3, -0.25) is 9.78 Å². The van der Waals surface area contributed by atoms with Crippen molar-refractivity contribution in [1.29, 1.82) is 0 Å². The van der Waals surface area contributed by atoms with Gasteiger partial charge in [0, 0.05) is 18.3 Å². The third-order valence-corrected chi connectivity index (χ3v) is 1.95. The summed E-state index contributed by atoms with van der Waals surface area (Å²) in [6.45, 7) is 2.26. The van der Waals surface area contributed by atoms with E-state index in [4.69, 9.17) is 9.84 Å². The first kappa shape index (κ1) is 11.7. The molecule has 0 aliphatic carbocycles. The fourth-order valence-electron chi connectivity index (χ4n) is 1.22. The van der Waals surface area contributed by atoms with Crippen LogP contribution in [-0.4, -0.2) is 28.8 Å². The maximum absolute atomic E-state index is 10.4. The van der Waals surface area contributed by atoms with E-state index < -0.39 is 5.97 Å². The molecule has 0 aliphatic heterocycles. The number of nitrogens with zero attached hydrogens (tertiary/aromatic N) is 1. The van der Waals surface area contributed by atoms with E-state index in [2.05, 4.69) is 4.98 Å². The number of carboxylic acids is 1. The lowest BCUT2D eigenvalue weighted by Crippen LogP contribution is -2.15.